The molecular weight excluding hydrogens is 434 g/mol. The Morgan fingerprint density at radius 3 is 2.29 bits per heavy atom. The number of hydrogen-bond acceptors (Lipinski definition) is 4. The molecule has 1 aliphatic heterocycles. The van der Waals surface area contributed by atoms with Gasteiger partial charge in [0.2, 0.25) is 5.91 Å². The van der Waals surface area contributed by atoms with Crippen molar-refractivity contribution >= 4 is 11.7 Å². The van der Waals surface area contributed by atoms with E-state index in [1.165, 1.54) is 25.3 Å². The van der Waals surface area contributed by atoms with Gasteiger partial charge in [0, 0.05) is 12.2 Å². The quantitative estimate of drug-likeness (QED) is 0.334. The van der Waals surface area contributed by atoms with Gasteiger partial charge in [0.05, 0.1) is 18.1 Å². The maximum absolute atomic E-state index is 14.0. The zero-order chi connectivity index (χ0) is 25.4. The first-order valence-electron chi connectivity index (χ1n) is 13.8. The summed E-state index contributed by atoms with van der Waals surface area (Å²) in [5.41, 5.74) is 0.793. The Morgan fingerprint density at radius 1 is 1.09 bits per heavy atom. The molecule has 0 spiro atoms. The van der Waals surface area contributed by atoms with Gasteiger partial charge in [-0.25, -0.2) is 0 Å². The molecular formula is C30H47N3O2. The summed E-state index contributed by atoms with van der Waals surface area (Å²) >= 11 is 0. The van der Waals surface area contributed by atoms with Crippen molar-refractivity contribution in [2.24, 2.45) is 23.7 Å². The highest BCUT2D eigenvalue weighted by molar-refractivity contribution is 5.94. The molecule has 1 amide bonds. The van der Waals surface area contributed by atoms with Crippen LogP contribution in [-0.2, 0) is 9.59 Å². The molecule has 5 atom stereocenters. The molecule has 2 fully saturated rings. The van der Waals surface area contributed by atoms with Gasteiger partial charge in [-0.2, -0.15) is 0 Å². The summed E-state index contributed by atoms with van der Waals surface area (Å²) in [7, 11) is 1.91. The summed E-state index contributed by atoms with van der Waals surface area (Å²) in [6, 6.07) is -0.638. The standard InChI is InChI=1S/C30H47N3O2/c1-6-27(34)26(19-24-15-14-16-24)32-23(4)29-22(3)21(2)20-33(29)30(35)28(31-5)25-17-12-10-8-7-9-11-13-18-25/h6,8-11,21-22,24-26,28-29,31-32H,1,4,7,12-20H2,2-3,5H3/b10-8-,11-9-/t21?,22-,26?,28?,29?/m0/s1. The summed E-state index contributed by atoms with van der Waals surface area (Å²) < 4.78 is 0. The van der Waals surface area contributed by atoms with E-state index in [4.69, 9.17) is 0 Å². The van der Waals surface area contributed by atoms with E-state index < -0.39 is 0 Å². The lowest BCUT2D eigenvalue weighted by Gasteiger charge is -2.36. The van der Waals surface area contributed by atoms with Crippen LogP contribution in [0.15, 0.2) is 49.2 Å². The minimum absolute atomic E-state index is 0.0188. The summed E-state index contributed by atoms with van der Waals surface area (Å²) in [5, 5.41) is 6.84. The average Bonchev–Trinajstić information content (AvgIpc) is 3.13. The zero-order valence-corrected chi connectivity index (χ0v) is 22.2. The number of amides is 1. The van der Waals surface area contributed by atoms with E-state index in [1.54, 1.807) is 0 Å². The fraction of sp³-hybridized carbons (Fsp3) is 0.667. The van der Waals surface area contributed by atoms with Crippen molar-refractivity contribution in [1.29, 1.82) is 0 Å². The summed E-state index contributed by atoms with van der Waals surface area (Å²) in [6.07, 6.45) is 19.8. The van der Waals surface area contributed by atoms with Crippen LogP contribution in [0.4, 0.5) is 0 Å². The molecule has 3 rings (SSSR count). The number of ketones is 1. The van der Waals surface area contributed by atoms with Crippen molar-refractivity contribution in [3.05, 3.63) is 49.2 Å². The molecule has 2 N–H and O–H groups in total. The van der Waals surface area contributed by atoms with Crippen LogP contribution in [0.25, 0.3) is 0 Å². The molecule has 0 aromatic carbocycles. The van der Waals surface area contributed by atoms with E-state index in [-0.39, 0.29) is 41.7 Å². The number of hydrogen-bond donors (Lipinski definition) is 2. The van der Waals surface area contributed by atoms with E-state index in [9.17, 15) is 9.59 Å². The molecule has 3 aliphatic rings. The molecule has 1 heterocycles. The fourth-order valence-corrected chi connectivity index (χ4v) is 6.02. The van der Waals surface area contributed by atoms with Crippen molar-refractivity contribution < 1.29 is 9.59 Å². The Balaban J connectivity index is 1.75. The number of allylic oxidation sites excluding steroid dienone is 4. The lowest BCUT2D eigenvalue weighted by Crippen LogP contribution is -2.53. The molecule has 4 unspecified atom stereocenters. The monoisotopic (exact) mass is 481 g/mol. The highest BCUT2D eigenvalue weighted by atomic mass is 16.2. The second-order valence-electron chi connectivity index (χ2n) is 11.0. The van der Waals surface area contributed by atoms with Gasteiger partial charge in [-0.1, -0.05) is 70.6 Å². The van der Waals surface area contributed by atoms with Gasteiger partial charge in [-0.3, -0.25) is 9.59 Å². The van der Waals surface area contributed by atoms with Crippen LogP contribution in [0.2, 0.25) is 0 Å². The number of rotatable bonds is 10. The minimum atomic E-state index is -0.303. The number of carbonyl (C=O) groups is 2. The third-order valence-electron chi connectivity index (χ3n) is 8.62. The maximum atomic E-state index is 14.0. The zero-order valence-electron chi connectivity index (χ0n) is 22.2. The largest absolute Gasteiger partial charge is 0.377 e. The minimum Gasteiger partial charge on any atom is -0.377 e. The van der Waals surface area contributed by atoms with Crippen LogP contribution in [0.5, 0.6) is 0 Å². The van der Waals surface area contributed by atoms with Crippen molar-refractivity contribution in [2.45, 2.75) is 89.8 Å². The van der Waals surface area contributed by atoms with Gasteiger partial charge in [0.1, 0.15) is 0 Å². The highest BCUT2D eigenvalue weighted by Crippen LogP contribution is 2.35. The van der Waals surface area contributed by atoms with Crippen LogP contribution in [0.3, 0.4) is 0 Å². The average molecular weight is 482 g/mol. The SMILES string of the molecule is C=CC(=O)C(CC1CCC1)NC(=C)C1[C@@H](C)C(C)CN1C(=O)C(NC)C1CC/C=C\C/C=C\CC1. The Hall–Kier alpha value is -2.14. The van der Waals surface area contributed by atoms with Gasteiger partial charge < -0.3 is 15.5 Å². The number of likely N-dealkylation sites (tertiary alicyclic amines) is 1. The molecule has 5 nitrogen and oxygen atoms in total. The van der Waals surface area contributed by atoms with Gasteiger partial charge in [0.25, 0.3) is 0 Å². The third kappa shape index (κ3) is 6.97. The lowest BCUT2D eigenvalue weighted by molar-refractivity contribution is -0.135. The topological polar surface area (TPSA) is 61.4 Å². The molecule has 35 heavy (non-hydrogen) atoms. The Kier molecular flexibility index (Phi) is 10.4. The lowest BCUT2D eigenvalue weighted by atomic mass is 9.80. The van der Waals surface area contributed by atoms with E-state index in [0.717, 1.165) is 50.8 Å². The molecule has 0 aromatic rings. The summed E-state index contributed by atoms with van der Waals surface area (Å²) in [4.78, 5) is 28.7. The van der Waals surface area contributed by atoms with Crippen LogP contribution in [0.1, 0.15) is 71.6 Å². The predicted octanol–water partition coefficient (Wildman–Crippen LogP) is 5.17. The van der Waals surface area contributed by atoms with Crippen molar-refractivity contribution in [2.75, 3.05) is 13.6 Å². The molecule has 1 saturated carbocycles. The van der Waals surface area contributed by atoms with Crippen LogP contribution >= 0.6 is 0 Å². The van der Waals surface area contributed by atoms with E-state index >= 15 is 0 Å². The first-order valence-corrected chi connectivity index (χ1v) is 13.8. The molecule has 0 radical (unpaired) electrons. The molecule has 0 bridgehead atoms. The van der Waals surface area contributed by atoms with Gasteiger partial charge in [0.15, 0.2) is 5.78 Å². The normalized spacial score (nSPS) is 29.5. The maximum Gasteiger partial charge on any atom is 0.240 e. The highest BCUT2D eigenvalue weighted by Gasteiger charge is 2.44. The second-order valence-corrected chi connectivity index (χ2v) is 11.0. The first-order chi connectivity index (χ1) is 16.9. The molecule has 2 aliphatic carbocycles. The van der Waals surface area contributed by atoms with E-state index in [2.05, 4.69) is 61.9 Å². The first kappa shape index (κ1) is 27.4. The molecule has 5 heteroatoms. The van der Waals surface area contributed by atoms with Crippen molar-refractivity contribution in [1.82, 2.24) is 15.5 Å². The van der Waals surface area contributed by atoms with Gasteiger partial charge in [-0.15, -0.1) is 0 Å². The van der Waals surface area contributed by atoms with Crippen molar-refractivity contribution in [3.63, 3.8) is 0 Å². The van der Waals surface area contributed by atoms with E-state index in [1.807, 2.05) is 11.9 Å². The Bertz CT molecular complexity index is 796. The van der Waals surface area contributed by atoms with Crippen LogP contribution in [0, 0.1) is 23.7 Å². The number of nitrogens with zero attached hydrogens (tertiary/aromatic N) is 1. The van der Waals surface area contributed by atoms with Gasteiger partial charge >= 0.3 is 0 Å². The summed E-state index contributed by atoms with van der Waals surface area (Å²) in [5.74, 6) is 1.69. The van der Waals surface area contributed by atoms with Gasteiger partial charge in [-0.05, 0) is 75.3 Å². The third-order valence-corrected chi connectivity index (χ3v) is 8.62. The summed E-state index contributed by atoms with van der Waals surface area (Å²) in [6.45, 7) is 13.2. The van der Waals surface area contributed by atoms with Crippen LogP contribution < -0.4 is 10.6 Å². The second kappa shape index (κ2) is 13.2. The number of likely N-dealkylation sites (N-methyl/N-ethyl adjacent to an activating group) is 1. The van der Waals surface area contributed by atoms with Crippen LogP contribution in [-0.4, -0.2) is 48.3 Å². The predicted molar refractivity (Wildman–Crippen MR) is 145 cm³/mol. The van der Waals surface area contributed by atoms with E-state index in [0.29, 0.717) is 11.8 Å². The fourth-order valence-electron chi connectivity index (χ4n) is 6.02. The number of carbonyl (C=O) groups excluding carboxylic acids is 2. The molecule has 194 valence electrons. The van der Waals surface area contributed by atoms with Crippen molar-refractivity contribution in [3.8, 4) is 0 Å². The molecule has 1 saturated heterocycles. The number of nitrogens with one attached hydrogen (secondary N) is 2. The smallest absolute Gasteiger partial charge is 0.240 e. The Labute approximate surface area is 213 Å². The molecule has 0 aromatic heterocycles. The Morgan fingerprint density at radius 2 is 1.74 bits per heavy atom.